The van der Waals surface area contributed by atoms with Crippen molar-refractivity contribution in [2.75, 3.05) is 0 Å². The lowest BCUT2D eigenvalue weighted by Gasteiger charge is -2.45. The van der Waals surface area contributed by atoms with Crippen molar-refractivity contribution in [2.24, 2.45) is 7.05 Å². The van der Waals surface area contributed by atoms with E-state index in [1.165, 1.54) is 4.80 Å². The predicted molar refractivity (Wildman–Crippen MR) is 125 cm³/mol. The van der Waals surface area contributed by atoms with E-state index in [0.29, 0.717) is 29.1 Å². The van der Waals surface area contributed by atoms with Crippen molar-refractivity contribution in [3.8, 4) is 16.9 Å². The number of benzene rings is 2. The molecule has 2 atom stereocenters. The number of piperidine rings is 1. The summed E-state index contributed by atoms with van der Waals surface area (Å²) in [5.41, 5.74) is 4.17. The fourth-order valence-corrected chi connectivity index (χ4v) is 5.63. The van der Waals surface area contributed by atoms with E-state index < -0.39 is 17.5 Å². The first-order chi connectivity index (χ1) is 17.3. The van der Waals surface area contributed by atoms with E-state index in [9.17, 15) is 18.0 Å². The Bertz CT molecular complexity index is 1490. The number of carbonyl (C=O) groups is 1. The number of rotatable bonds is 3. The summed E-state index contributed by atoms with van der Waals surface area (Å²) in [6.45, 7) is 1.84. The third kappa shape index (κ3) is 3.42. The molecule has 184 valence electrons. The second-order valence-corrected chi connectivity index (χ2v) is 9.40. The van der Waals surface area contributed by atoms with E-state index in [1.54, 1.807) is 24.0 Å². The molecule has 0 aliphatic carbocycles. The van der Waals surface area contributed by atoms with E-state index in [-0.39, 0.29) is 23.6 Å². The monoisotopic (exact) mass is 492 g/mol. The van der Waals surface area contributed by atoms with Gasteiger partial charge in [0.15, 0.2) is 17.5 Å². The van der Waals surface area contributed by atoms with Gasteiger partial charge in [-0.25, -0.2) is 13.2 Å². The first-order valence-corrected chi connectivity index (χ1v) is 11.8. The summed E-state index contributed by atoms with van der Waals surface area (Å²) in [6, 6.07) is 8.85. The normalized spacial score (nSPS) is 18.9. The molecule has 0 radical (unpaired) electrons. The number of amides is 1. The van der Waals surface area contributed by atoms with Crippen LogP contribution in [0.25, 0.3) is 16.9 Å². The molecule has 10 heteroatoms. The van der Waals surface area contributed by atoms with Gasteiger partial charge in [0.25, 0.3) is 5.91 Å². The molecule has 1 fully saturated rings. The third-order valence-electron chi connectivity index (χ3n) is 7.12. The summed E-state index contributed by atoms with van der Waals surface area (Å²) in [5.74, 6) is -4.12. The van der Waals surface area contributed by atoms with E-state index in [4.69, 9.17) is 5.10 Å². The minimum atomic E-state index is -1.50. The van der Waals surface area contributed by atoms with Gasteiger partial charge in [0.05, 0.1) is 40.6 Å². The van der Waals surface area contributed by atoms with Crippen LogP contribution >= 0.6 is 0 Å². The maximum atomic E-state index is 14.1. The van der Waals surface area contributed by atoms with Gasteiger partial charge in [0, 0.05) is 24.2 Å². The van der Waals surface area contributed by atoms with Crippen LogP contribution in [0.5, 0.6) is 0 Å². The quantitative estimate of drug-likeness (QED) is 0.390. The largest absolute Gasteiger partial charge is 0.327 e. The van der Waals surface area contributed by atoms with Crippen molar-refractivity contribution in [3.05, 3.63) is 82.6 Å². The van der Waals surface area contributed by atoms with Crippen molar-refractivity contribution >= 4 is 5.91 Å². The van der Waals surface area contributed by atoms with Crippen molar-refractivity contribution in [3.63, 3.8) is 0 Å². The second-order valence-electron chi connectivity index (χ2n) is 9.40. The van der Waals surface area contributed by atoms with Gasteiger partial charge in [-0.1, -0.05) is 12.1 Å². The van der Waals surface area contributed by atoms with Crippen LogP contribution in [0.1, 0.15) is 52.6 Å². The third-order valence-corrected chi connectivity index (χ3v) is 7.12. The Labute approximate surface area is 205 Å². The molecule has 0 unspecified atom stereocenters. The van der Waals surface area contributed by atoms with E-state index in [2.05, 4.69) is 10.2 Å². The molecule has 2 bridgehead atoms. The molecule has 0 N–H and O–H groups in total. The molecule has 0 saturated carbocycles. The van der Waals surface area contributed by atoms with Gasteiger partial charge in [0.1, 0.15) is 0 Å². The zero-order chi connectivity index (χ0) is 25.1. The van der Waals surface area contributed by atoms with Crippen molar-refractivity contribution in [1.82, 2.24) is 29.7 Å². The highest BCUT2D eigenvalue weighted by atomic mass is 19.2. The lowest BCUT2D eigenvalue weighted by molar-refractivity contribution is 0.0391. The number of aromatic nitrogens is 5. The Kier molecular flexibility index (Phi) is 5.20. The summed E-state index contributed by atoms with van der Waals surface area (Å²) >= 11 is 0. The molecular weight excluding hydrogens is 469 g/mol. The maximum Gasteiger partial charge on any atom is 0.256 e. The number of aryl methyl sites for hydroxylation is 2. The van der Waals surface area contributed by atoms with Crippen LogP contribution in [0.15, 0.2) is 42.6 Å². The number of hydrogen-bond donors (Lipinski definition) is 0. The topological polar surface area (TPSA) is 68.8 Å². The first kappa shape index (κ1) is 22.5. The van der Waals surface area contributed by atoms with Crippen molar-refractivity contribution in [2.45, 2.75) is 44.7 Å². The van der Waals surface area contributed by atoms with E-state index in [0.717, 1.165) is 42.7 Å². The van der Waals surface area contributed by atoms with Crippen molar-refractivity contribution in [1.29, 1.82) is 0 Å². The number of fused-ring (bicyclic) bond motifs is 4. The Morgan fingerprint density at radius 3 is 2.53 bits per heavy atom. The minimum Gasteiger partial charge on any atom is -0.327 e. The highest BCUT2D eigenvalue weighted by molar-refractivity contribution is 5.98. The van der Waals surface area contributed by atoms with Crippen molar-refractivity contribution < 1.29 is 18.0 Å². The molecule has 0 spiro atoms. The number of para-hydroxylation sites is 1. The lowest BCUT2D eigenvalue weighted by Crippen LogP contribution is -2.50. The van der Waals surface area contributed by atoms with Gasteiger partial charge in [0.2, 0.25) is 0 Å². The molecule has 7 nitrogen and oxygen atoms in total. The minimum absolute atomic E-state index is 0.109. The molecule has 36 heavy (non-hydrogen) atoms. The van der Waals surface area contributed by atoms with Gasteiger partial charge in [-0.15, -0.1) is 0 Å². The van der Waals surface area contributed by atoms with Gasteiger partial charge < -0.3 is 4.90 Å². The summed E-state index contributed by atoms with van der Waals surface area (Å²) in [6.07, 6.45) is 4.58. The Morgan fingerprint density at radius 2 is 1.81 bits per heavy atom. The Morgan fingerprint density at radius 1 is 1.06 bits per heavy atom. The van der Waals surface area contributed by atoms with E-state index >= 15 is 0 Å². The zero-order valence-electron chi connectivity index (χ0n) is 19.8. The predicted octanol–water partition coefficient (Wildman–Crippen LogP) is 4.69. The number of nitrogens with zero attached hydrogens (tertiary/aromatic N) is 6. The molecule has 2 aliphatic rings. The average molecular weight is 493 g/mol. The molecule has 2 aromatic carbocycles. The smallest absolute Gasteiger partial charge is 0.256 e. The first-order valence-electron chi connectivity index (χ1n) is 11.8. The second kappa shape index (κ2) is 8.32. The average Bonchev–Trinajstić information content (AvgIpc) is 3.44. The molecule has 4 heterocycles. The SMILES string of the molecule is Cc1cnn(-c2ccccc2C(=O)N2[C@@H]3CCC[C@H]2c2nn(C)c(-c4cc(F)c(F)c(F)c4)c2C3)n1. The van der Waals surface area contributed by atoms with Gasteiger partial charge in [-0.05, 0) is 56.9 Å². The number of halogens is 3. The lowest BCUT2D eigenvalue weighted by atomic mass is 9.81. The summed E-state index contributed by atoms with van der Waals surface area (Å²) in [7, 11) is 1.70. The van der Waals surface area contributed by atoms with E-state index in [1.807, 2.05) is 30.0 Å². The molecule has 2 aromatic heterocycles. The Balaban J connectivity index is 1.43. The summed E-state index contributed by atoms with van der Waals surface area (Å²) < 4.78 is 43.3. The van der Waals surface area contributed by atoms with Crippen LogP contribution in [0.4, 0.5) is 13.2 Å². The fraction of sp³-hybridized carbons (Fsp3) is 0.308. The molecule has 2 aliphatic heterocycles. The standard InChI is InChI=1S/C26H23F3N6O/c1-14-13-30-35(31-14)21-8-4-3-7-17(21)26(36)34-16-6-5-9-22(34)24-18(12-16)25(33(2)32-24)15-10-19(27)23(29)20(28)11-15/h3-4,7-8,10-11,13,16,22H,5-6,9,12H2,1-2H3/t16-,22+/m1/s1. The maximum absolute atomic E-state index is 14.1. The Hall–Kier alpha value is -3.95. The van der Waals surface area contributed by atoms with Crippen LogP contribution in [-0.2, 0) is 13.5 Å². The van der Waals surface area contributed by atoms with Crippen LogP contribution in [0.3, 0.4) is 0 Å². The van der Waals surface area contributed by atoms with Crippen LogP contribution in [-0.4, -0.2) is 41.6 Å². The summed E-state index contributed by atoms with van der Waals surface area (Å²) in [5, 5.41) is 13.4. The number of carbonyl (C=O) groups excluding carboxylic acids is 1. The van der Waals surface area contributed by atoms with Crippen LogP contribution in [0, 0.1) is 24.4 Å². The highest BCUT2D eigenvalue weighted by Crippen LogP contribution is 2.45. The molecule has 1 amide bonds. The highest BCUT2D eigenvalue weighted by Gasteiger charge is 2.44. The zero-order valence-corrected chi connectivity index (χ0v) is 19.8. The summed E-state index contributed by atoms with van der Waals surface area (Å²) in [4.78, 5) is 17.3. The molecule has 4 aromatic rings. The number of hydrogen-bond acceptors (Lipinski definition) is 4. The molecule has 1 saturated heterocycles. The molecule has 6 rings (SSSR count). The van der Waals surface area contributed by atoms with Gasteiger partial charge >= 0.3 is 0 Å². The molecular formula is C26H23F3N6O. The van der Waals surface area contributed by atoms with Gasteiger partial charge in [-0.2, -0.15) is 20.1 Å². The van der Waals surface area contributed by atoms with Crippen LogP contribution in [0.2, 0.25) is 0 Å². The van der Waals surface area contributed by atoms with Crippen LogP contribution < -0.4 is 0 Å². The van der Waals surface area contributed by atoms with Gasteiger partial charge in [-0.3, -0.25) is 9.48 Å². The fourth-order valence-electron chi connectivity index (χ4n) is 5.63.